The van der Waals surface area contributed by atoms with Crippen molar-refractivity contribution in [2.45, 2.75) is 47.0 Å². The van der Waals surface area contributed by atoms with Crippen molar-refractivity contribution in [2.24, 2.45) is 10.8 Å². The molecule has 3 aliphatic carbocycles. The average molecular weight is 276 g/mol. The van der Waals surface area contributed by atoms with E-state index in [9.17, 15) is 0 Å². The molecule has 0 amide bonds. The molecule has 0 aromatic heterocycles. The minimum atomic E-state index is 0.163. The van der Waals surface area contributed by atoms with Crippen LogP contribution in [0.3, 0.4) is 0 Å². The molecule has 0 unspecified atom stereocenters. The highest BCUT2D eigenvalue weighted by Crippen LogP contribution is 2.52. The Morgan fingerprint density at radius 3 is 2.48 bits per heavy atom. The summed E-state index contributed by atoms with van der Waals surface area (Å²) in [6.45, 7) is 9.51. The normalized spacial score (nSPS) is 24.8. The summed E-state index contributed by atoms with van der Waals surface area (Å²) < 4.78 is 0. The van der Waals surface area contributed by atoms with Gasteiger partial charge in [-0.15, -0.1) is 0 Å². The van der Waals surface area contributed by atoms with E-state index in [1.54, 1.807) is 22.3 Å². The quantitative estimate of drug-likeness (QED) is 0.669. The molecule has 0 aliphatic heterocycles. The first-order chi connectivity index (χ1) is 9.87. The Balaban J connectivity index is 2.07. The molecule has 0 spiro atoms. The van der Waals surface area contributed by atoms with E-state index in [-0.39, 0.29) is 5.41 Å². The Bertz CT molecular complexity index is 810. The summed E-state index contributed by atoms with van der Waals surface area (Å²) in [5, 5.41) is 2.88. The maximum Gasteiger partial charge on any atom is 0.00903 e. The molecular weight excluding hydrogens is 252 g/mol. The van der Waals surface area contributed by atoms with E-state index < -0.39 is 0 Å². The predicted molar refractivity (Wildman–Crippen MR) is 90.1 cm³/mol. The highest BCUT2D eigenvalue weighted by Gasteiger charge is 2.38. The van der Waals surface area contributed by atoms with E-state index in [0.29, 0.717) is 5.41 Å². The second-order valence-electron chi connectivity index (χ2n) is 8.12. The van der Waals surface area contributed by atoms with Crippen LogP contribution < -0.4 is 10.4 Å². The van der Waals surface area contributed by atoms with Crippen molar-refractivity contribution in [3.63, 3.8) is 0 Å². The molecule has 0 radical (unpaired) electrons. The molecule has 0 atom stereocenters. The van der Waals surface area contributed by atoms with E-state index in [1.165, 1.54) is 23.3 Å². The molecule has 21 heavy (non-hydrogen) atoms. The van der Waals surface area contributed by atoms with Gasteiger partial charge in [0.25, 0.3) is 0 Å². The largest absolute Gasteiger partial charge is 0.0750 e. The first-order valence-corrected chi connectivity index (χ1v) is 8.15. The van der Waals surface area contributed by atoms with Crippen LogP contribution in [0.25, 0.3) is 11.6 Å². The molecule has 0 nitrogen and oxygen atoms in total. The molecule has 0 fully saturated rings. The summed E-state index contributed by atoms with van der Waals surface area (Å²) in [6, 6.07) is 8.92. The van der Waals surface area contributed by atoms with Crippen LogP contribution in [0.5, 0.6) is 0 Å². The van der Waals surface area contributed by atoms with Gasteiger partial charge in [0.1, 0.15) is 0 Å². The van der Waals surface area contributed by atoms with Gasteiger partial charge in [0.05, 0.1) is 0 Å². The fourth-order valence-corrected chi connectivity index (χ4v) is 4.51. The summed E-state index contributed by atoms with van der Waals surface area (Å²) in [4.78, 5) is 0. The van der Waals surface area contributed by atoms with Crippen LogP contribution in [0, 0.1) is 10.8 Å². The first kappa shape index (κ1) is 13.1. The van der Waals surface area contributed by atoms with Crippen LogP contribution >= 0.6 is 0 Å². The second-order valence-corrected chi connectivity index (χ2v) is 8.12. The summed E-state index contributed by atoms with van der Waals surface area (Å²) in [7, 11) is 0. The molecule has 0 heteroatoms. The van der Waals surface area contributed by atoms with Gasteiger partial charge in [0.15, 0.2) is 0 Å². The summed E-state index contributed by atoms with van der Waals surface area (Å²) in [6.07, 6.45) is 8.68. The van der Waals surface area contributed by atoms with Gasteiger partial charge < -0.3 is 0 Å². The van der Waals surface area contributed by atoms with Gasteiger partial charge in [-0.1, -0.05) is 64.1 Å². The molecular formula is C21H24. The predicted octanol–water partition coefficient (Wildman–Crippen LogP) is 4.10. The third kappa shape index (κ3) is 1.88. The lowest BCUT2D eigenvalue weighted by molar-refractivity contribution is 0.420. The Kier molecular flexibility index (Phi) is 2.50. The standard InChI is InChI=1S/C21H24/c1-20(2)10-9-17-15(12-20)11-18-16-8-6-5-7-14(16)13-21(3,4)19(17)18/h5-8,12-13H,9-11H2,1-4H3. The van der Waals surface area contributed by atoms with Crippen LogP contribution in [-0.4, -0.2) is 0 Å². The zero-order valence-electron chi connectivity index (χ0n) is 13.6. The SMILES string of the molecule is CC1(C)C=C2CC3=c4ccccc4=CC(C)(C)C3=C2CC1. The van der Waals surface area contributed by atoms with Crippen LogP contribution in [0.2, 0.25) is 0 Å². The third-order valence-electron chi connectivity index (χ3n) is 5.39. The molecule has 0 bridgehead atoms. The van der Waals surface area contributed by atoms with Crippen LogP contribution in [0.15, 0.2) is 47.1 Å². The van der Waals surface area contributed by atoms with Crippen molar-refractivity contribution >= 4 is 11.6 Å². The summed E-state index contributed by atoms with van der Waals surface area (Å²) >= 11 is 0. The zero-order chi connectivity index (χ0) is 14.8. The van der Waals surface area contributed by atoms with Crippen molar-refractivity contribution in [1.82, 2.24) is 0 Å². The lowest BCUT2D eigenvalue weighted by Gasteiger charge is -2.31. The van der Waals surface area contributed by atoms with Gasteiger partial charge in [-0.3, -0.25) is 0 Å². The molecule has 0 saturated carbocycles. The van der Waals surface area contributed by atoms with Gasteiger partial charge >= 0.3 is 0 Å². The maximum atomic E-state index is 2.54. The van der Waals surface area contributed by atoms with E-state index >= 15 is 0 Å². The topological polar surface area (TPSA) is 0 Å². The molecule has 108 valence electrons. The van der Waals surface area contributed by atoms with Gasteiger partial charge in [-0.25, -0.2) is 0 Å². The number of hydrogen-bond acceptors (Lipinski definition) is 0. The van der Waals surface area contributed by atoms with Crippen molar-refractivity contribution in [2.75, 3.05) is 0 Å². The Morgan fingerprint density at radius 2 is 1.67 bits per heavy atom. The fourth-order valence-electron chi connectivity index (χ4n) is 4.51. The Morgan fingerprint density at radius 1 is 0.905 bits per heavy atom. The molecule has 1 aromatic rings. The Labute approximate surface area is 127 Å². The van der Waals surface area contributed by atoms with E-state index in [2.05, 4.69) is 64.1 Å². The number of fused-ring (bicyclic) bond motifs is 3. The van der Waals surface area contributed by atoms with E-state index in [0.717, 1.165) is 6.42 Å². The molecule has 0 saturated heterocycles. The average Bonchev–Trinajstić information content (AvgIpc) is 2.76. The maximum absolute atomic E-state index is 2.54. The van der Waals surface area contributed by atoms with Crippen molar-refractivity contribution in [3.8, 4) is 0 Å². The summed E-state index contributed by atoms with van der Waals surface area (Å²) in [5.41, 5.74) is 7.01. The molecule has 0 N–H and O–H groups in total. The van der Waals surface area contributed by atoms with E-state index in [1.807, 2.05) is 0 Å². The molecule has 0 heterocycles. The minimum absolute atomic E-state index is 0.163. The number of rotatable bonds is 0. The lowest BCUT2D eigenvalue weighted by atomic mass is 9.73. The monoisotopic (exact) mass is 276 g/mol. The van der Waals surface area contributed by atoms with Gasteiger partial charge in [-0.05, 0) is 57.4 Å². The first-order valence-electron chi connectivity index (χ1n) is 8.15. The van der Waals surface area contributed by atoms with Crippen LogP contribution in [0.4, 0.5) is 0 Å². The molecule has 4 rings (SSSR count). The summed E-state index contributed by atoms with van der Waals surface area (Å²) in [5.74, 6) is 0. The zero-order valence-corrected chi connectivity index (χ0v) is 13.6. The van der Waals surface area contributed by atoms with Crippen molar-refractivity contribution < 1.29 is 0 Å². The molecule has 1 aromatic carbocycles. The van der Waals surface area contributed by atoms with E-state index in [4.69, 9.17) is 0 Å². The van der Waals surface area contributed by atoms with Gasteiger partial charge in [0, 0.05) is 5.41 Å². The fraction of sp³-hybridized carbons (Fsp3) is 0.429. The van der Waals surface area contributed by atoms with Gasteiger partial charge in [-0.2, -0.15) is 0 Å². The number of hydrogen-bond donors (Lipinski definition) is 0. The molecule has 3 aliphatic rings. The van der Waals surface area contributed by atoms with Gasteiger partial charge in [0.2, 0.25) is 0 Å². The van der Waals surface area contributed by atoms with Crippen molar-refractivity contribution in [1.29, 1.82) is 0 Å². The Hall–Kier alpha value is -1.56. The second kappa shape index (κ2) is 4.00. The van der Waals surface area contributed by atoms with Crippen LogP contribution in [0.1, 0.15) is 47.0 Å². The highest BCUT2D eigenvalue weighted by atomic mass is 14.4. The minimum Gasteiger partial charge on any atom is -0.0750 e. The van der Waals surface area contributed by atoms with Crippen molar-refractivity contribution in [3.05, 3.63) is 57.5 Å². The third-order valence-corrected chi connectivity index (χ3v) is 5.39. The lowest BCUT2D eigenvalue weighted by Crippen LogP contribution is -2.35. The highest BCUT2D eigenvalue weighted by molar-refractivity contribution is 5.82. The number of allylic oxidation sites excluding steroid dienone is 4. The smallest absolute Gasteiger partial charge is 0.00903 e. The van der Waals surface area contributed by atoms with Crippen LogP contribution in [-0.2, 0) is 0 Å². The number of benzene rings is 1.